The summed E-state index contributed by atoms with van der Waals surface area (Å²) in [6, 6.07) is 1.79. The van der Waals surface area contributed by atoms with Crippen LogP contribution in [-0.2, 0) is 11.3 Å². The summed E-state index contributed by atoms with van der Waals surface area (Å²) in [6.45, 7) is 7.61. The molecule has 1 aromatic heterocycles. The van der Waals surface area contributed by atoms with Gasteiger partial charge in [-0.3, -0.25) is 9.69 Å². The van der Waals surface area contributed by atoms with Gasteiger partial charge in [0.05, 0.1) is 5.69 Å². The van der Waals surface area contributed by atoms with Gasteiger partial charge in [0.1, 0.15) is 11.9 Å². The Bertz CT molecular complexity index is 437. The predicted octanol–water partition coefficient (Wildman–Crippen LogP) is -0.305. The summed E-state index contributed by atoms with van der Waals surface area (Å²) in [5.41, 5.74) is 0.962. The van der Waals surface area contributed by atoms with Crippen LogP contribution in [0.1, 0.15) is 18.4 Å². The molecule has 1 saturated heterocycles. The summed E-state index contributed by atoms with van der Waals surface area (Å²) in [4.78, 5) is 22.7. The molecule has 6 nitrogen and oxygen atoms in total. The second-order valence-electron chi connectivity index (χ2n) is 4.68. The van der Waals surface area contributed by atoms with Crippen LogP contribution in [-0.4, -0.2) is 53.0 Å². The maximum Gasteiger partial charge on any atom is 0.238 e. The van der Waals surface area contributed by atoms with Crippen LogP contribution in [0, 0.1) is 6.92 Å². The Kier molecular flexibility index (Phi) is 4.81. The molecule has 1 unspecified atom stereocenters. The summed E-state index contributed by atoms with van der Waals surface area (Å²) in [5, 5.41) is 6.16. The van der Waals surface area contributed by atoms with E-state index in [9.17, 15) is 4.79 Å². The van der Waals surface area contributed by atoms with Gasteiger partial charge in [0.15, 0.2) is 0 Å². The molecule has 0 bridgehead atoms. The fourth-order valence-corrected chi connectivity index (χ4v) is 2.29. The smallest absolute Gasteiger partial charge is 0.238 e. The number of aromatic nitrogens is 2. The summed E-state index contributed by atoms with van der Waals surface area (Å²) < 4.78 is 0. The molecular formula is C13H21N5O. The molecule has 2 heterocycles. The Morgan fingerprint density at radius 2 is 2.47 bits per heavy atom. The van der Waals surface area contributed by atoms with Crippen molar-refractivity contribution in [2.75, 3.05) is 26.2 Å². The van der Waals surface area contributed by atoms with E-state index < -0.39 is 0 Å². The zero-order valence-corrected chi connectivity index (χ0v) is 11.5. The van der Waals surface area contributed by atoms with Gasteiger partial charge in [-0.25, -0.2) is 9.97 Å². The maximum atomic E-state index is 12.0. The minimum absolute atomic E-state index is 0.0838. The summed E-state index contributed by atoms with van der Waals surface area (Å²) >= 11 is 0. The van der Waals surface area contributed by atoms with E-state index in [0.717, 1.165) is 24.6 Å². The zero-order chi connectivity index (χ0) is 13.7. The lowest BCUT2D eigenvalue weighted by Crippen LogP contribution is -2.57. The molecule has 1 amide bonds. The first-order chi connectivity index (χ1) is 9.20. The Balaban J connectivity index is 2.05. The first-order valence-electron chi connectivity index (χ1n) is 6.71. The standard InChI is InChI=1S/C13H21N5O/c1-3-15-13(19)12-8-14-6-7-18(12)9-11-4-5-16-10(2)17-11/h4-5,12,14H,3,6-9H2,1-2H3,(H,15,19). The van der Waals surface area contributed by atoms with Crippen molar-refractivity contribution in [3.05, 3.63) is 23.8 Å². The number of nitrogens with zero attached hydrogens (tertiary/aromatic N) is 3. The van der Waals surface area contributed by atoms with Crippen molar-refractivity contribution in [2.24, 2.45) is 0 Å². The molecule has 1 aliphatic rings. The topological polar surface area (TPSA) is 70.2 Å². The van der Waals surface area contributed by atoms with Crippen molar-refractivity contribution in [3.63, 3.8) is 0 Å². The van der Waals surface area contributed by atoms with Crippen LogP contribution in [0.25, 0.3) is 0 Å². The molecule has 0 spiro atoms. The zero-order valence-electron chi connectivity index (χ0n) is 11.5. The summed E-state index contributed by atoms with van der Waals surface area (Å²) in [5.74, 6) is 0.850. The highest BCUT2D eigenvalue weighted by Gasteiger charge is 2.28. The highest BCUT2D eigenvalue weighted by molar-refractivity contribution is 5.82. The molecule has 1 atom stereocenters. The quantitative estimate of drug-likeness (QED) is 0.780. The average Bonchev–Trinajstić information content (AvgIpc) is 2.39. The van der Waals surface area contributed by atoms with Crippen LogP contribution < -0.4 is 10.6 Å². The summed E-state index contributed by atoms with van der Waals surface area (Å²) in [7, 11) is 0. The van der Waals surface area contributed by atoms with E-state index in [4.69, 9.17) is 0 Å². The first kappa shape index (κ1) is 13.9. The number of likely N-dealkylation sites (N-methyl/N-ethyl adjacent to an activating group) is 1. The molecule has 2 N–H and O–H groups in total. The second-order valence-corrected chi connectivity index (χ2v) is 4.68. The molecular weight excluding hydrogens is 242 g/mol. The molecule has 1 aliphatic heterocycles. The molecule has 19 heavy (non-hydrogen) atoms. The number of aryl methyl sites for hydroxylation is 1. The van der Waals surface area contributed by atoms with Crippen LogP contribution in [0.5, 0.6) is 0 Å². The molecule has 1 fully saturated rings. The number of carbonyl (C=O) groups excluding carboxylic acids is 1. The van der Waals surface area contributed by atoms with Crippen LogP contribution in [0.3, 0.4) is 0 Å². The Morgan fingerprint density at radius 3 is 3.21 bits per heavy atom. The molecule has 2 rings (SSSR count). The minimum Gasteiger partial charge on any atom is -0.355 e. The number of carbonyl (C=O) groups is 1. The first-order valence-corrected chi connectivity index (χ1v) is 6.71. The average molecular weight is 263 g/mol. The maximum absolute atomic E-state index is 12.0. The van der Waals surface area contributed by atoms with Gasteiger partial charge in [0.25, 0.3) is 0 Å². The Morgan fingerprint density at radius 1 is 1.63 bits per heavy atom. The number of piperazine rings is 1. The summed E-state index contributed by atoms with van der Waals surface area (Å²) in [6.07, 6.45) is 1.76. The normalized spacial score (nSPS) is 20.2. The van der Waals surface area contributed by atoms with Gasteiger partial charge in [0.2, 0.25) is 5.91 Å². The SMILES string of the molecule is CCNC(=O)C1CNCCN1Cc1ccnc(C)n1. The number of rotatable bonds is 4. The van der Waals surface area contributed by atoms with Crippen LogP contribution in [0.4, 0.5) is 0 Å². The van der Waals surface area contributed by atoms with E-state index in [2.05, 4.69) is 25.5 Å². The van der Waals surface area contributed by atoms with Crippen molar-refractivity contribution in [3.8, 4) is 0 Å². The van der Waals surface area contributed by atoms with Gasteiger partial charge in [0, 0.05) is 38.9 Å². The predicted molar refractivity (Wildman–Crippen MR) is 72.5 cm³/mol. The van der Waals surface area contributed by atoms with Crippen molar-refractivity contribution in [1.82, 2.24) is 25.5 Å². The number of hydrogen-bond donors (Lipinski definition) is 2. The lowest BCUT2D eigenvalue weighted by atomic mass is 10.1. The monoisotopic (exact) mass is 263 g/mol. The van der Waals surface area contributed by atoms with E-state index in [1.54, 1.807) is 6.20 Å². The minimum atomic E-state index is -0.121. The largest absolute Gasteiger partial charge is 0.355 e. The highest BCUT2D eigenvalue weighted by atomic mass is 16.2. The van der Waals surface area contributed by atoms with Gasteiger partial charge in [-0.2, -0.15) is 0 Å². The Hall–Kier alpha value is -1.53. The van der Waals surface area contributed by atoms with E-state index in [1.165, 1.54) is 0 Å². The van der Waals surface area contributed by atoms with Crippen molar-refractivity contribution in [1.29, 1.82) is 0 Å². The second kappa shape index (κ2) is 6.58. The molecule has 0 radical (unpaired) electrons. The van der Waals surface area contributed by atoms with Gasteiger partial charge < -0.3 is 10.6 Å². The molecule has 1 aromatic rings. The Labute approximate surface area is 113 Å². The van der Waals surface area contributed by atoms with E-state index in [1.807, 2.05) is 19.9 Å². The van der Waals surface area contributed by atoms with Gasteiger partial charge in [-0.15, -0.1) is 0 Å². The third-order valence-electron chi connectivity index (χ3n) is 3.21. The third-order valence-corrected chi connectivity index (χ3v) is 3.21. The van der Waals surface area contributed by atoms with Gasteiger partial charge in [-0.05, 0) is 19.9 Å². The molecule has 0 saturated carbocycles. The van der Waals surface area contributed by atoms with Crippen LogP contribution in [0.2, 0.25) is 0 Å². The van der Waals surface area contributed by atoms with E-state index >= 15 is 0 Å². The van der Waals surface area contributed by atoms with Gasteiger partial charge >= 0.3 is 0 Å². The van der Waals surface area contributed by atoms with Crippen molar-refractivity contribution >= 4 is 5.91 Å². The fraction of sp³-hybridized carbons (Fsp3) is 0.615. The molecule has 0 aromatic carbocycles. The van der Waals surface area contributed by atoms with Crippen molar-refractivity contribution < 1.29 is 4.79 Å². The number of nitrogens with one attached hydrogen (secondary N) is 2. The van der Waals surface area contributed by atoms with Crippen LogP contribution in [0.15, 0.2) is 12.3 Å². The van der Waals surface area contributed by atoms with Crippen LogP contribution >= 0.6 is 0 Å². The molecule has 104 valence electrons. The number of amides is 1. The molecule has 6 heteroatoms. The lowest BCUT2D eigenvalue weighted by Gasteiger charge is -2.34. The van der Waals surface area contributed by atoms with E-state index in [-0.39, 0.29) is 11.9 Å². The fourth-order valence-electron chi connectivity index (χ4n) is 2.29. The van der Waals surface area contributed by atoms with E-state index in [0.29, 0.717) is 19.6 Å². The highest BCUT2D eigenvalue weighted by Crippen LogP contribution is 2.09. The van der Waals surface area contributed by atoms with Gasteiger partial charge in [-0.1, -0.05) is 0 Å². The van der Waals surface area contributed by atoms with Crippen molar-refractivity contribution in [2.45, 2.75) is 26.4 Å². The number of hydrogen-bond acceptors (Lipinski definition) is 5. The third kappa shape index (κ3) is 3.71. The molecule has 0 aliphatic carbocycles. The lowest BCUT2D eigenvalue weighted by molar-refractivity contribution is -0.127.